The molecule has 1 aromatic rings. The van der Waals surface area contributed by atoms with Crippen molar-refractivity contribution in [1.82, 2.24) is 10.2 Å². The molecule has 3 N–H and O–H groups in total. The fourth-order valence-corrected chi connectivity index (χ4v) is 6.71. The van der Waals surface area contributed by atoms with Gasteiger partial charge >= 0.3 is 5.97 Å². The zero-order valence-electron chi connectivity index (χ0n) is 16.4. The second-order valence-electron chi connectivity index (χ2n) is 8.74. The summed E-state index contributed by atoms with van der Waals surface area (Å²) in [5, 5.41) is 23.0. The van der Waals surface area contributed by atoms with E-state index in [1.54, 1.807) is 6.07 Å². The Morgan fingerprint density at radius 2 is 2.25 bits per heavy atom. The molecular weight excluding hydrogens is 360 g/mol. The topological polar surface area (TPSA) is 91.3 Å². The number of rotatable bonds is 5. The maximum atomic E-state index is 11.0. The molecule has 7 nitrogen and oxygen atoms in total. The van der Waals surface area contributed by atoms with E-state index < -0.39 is 5.97 Å². The normalized spacial score (nSPS) is 38.0. The number of likely N-dealkylation sites (N-methyl/N-ethyl adjacent to an activating group) is 1. The lowest BCUT2D eigenvalue weighted by atomic mass is 9.48. The number of likely N-dealkylation sites (tertiary alicyclic amines) is 1. The van der Waals surface area contributed by atoms with Crippen LogP contribution in [-0.2, 0) is 21.4 Å². The van der Waals surface area contributed by atoms with Crippen LogP contribution in [0.2, 0.25) is 0 Å². The number of aromatic hydroxyl groups is 1. The summed E-state index contributed by atoms with van der Waals surface area (Å²) in [4.78, 5) is 13.4. The van der Waals surface area contributed by atoms with Gasteiger partial charge in [-0.25, -0.2) is 0 Å². The lowest BCUT2D eigenvalue weighted by Crippen LogP contribution is -2.78. The summed E-state index contributed by atoms with van der Waals surface area (Å²) in [5.74, 6) is -0.00616. The van der Waals surface area contributed by atoms with Crippen LogP contribution in [0.25, 0.3) is 0 Å². The van der Waals surface area contributed by atoms with Crippen molar-refractivity contribution in [3.05, 3.63) is 23.3 Å². The lowest BCUT2D eigenvalue weighted by Gasteiger charge is -2.65. The third-order valence-corrected chi connectivity index (χ3v) is 7.80. The van der Waals surface area contributed by atoms with Crippen LogP contribution in [0.1, 0.15) is 36.8 Å². The minimum absolute atomic E-state index is 0.0319. The molecule has 0 amide bonds. The molecule has 1 aromatic carbocycles. The minimum atomic E-state index is -0.805. The summed E-state index contributed by atoms with van der Waals surface area (Å²) in [7, 11) is 3.99. The molecule has 1 saturated carbocycles. The highest BCUT2D eigenvalue weighted by Gasteiger charge is 2.73. The fourth-order valence-electron chi connectivity index (χ4n) is 6.71. The molecule has 2 fully saturated rings. The first-order valence-electron chi connectivity index (χ1n) is 10.2. The van der Waals surface area contributed by atoms with Gasteiger partial charge in [0, 0.05) is 31.3 Å². The van der Waals surface area contributed by atoms with Crippen molar-refractivity contribution in [2.45, 2.75) is 61.3 Å². The summed E-state index contributed by atoms with van der Waals surface area (Å²) in [6.07, 6.45) is 3.45. The Morgan fingerprint density at radius 3 is 3.00 bits per heavy atom. The molecule has 2 heterocycles. The summed E-state index contributed by atoms with van der Waals surface area (Å²) >= 11 is 0. The predicted octanol–water partition coefficient (Wildman–Crippen LogP) is 1.26. The highest BCUT2D eigenvalue weighted by atomic mass is 16.5. The van der Waals surface area contributed by atoms with E-state index in [4.69, 9.17) is 14.6 Å². The second-order valence-corrected chi connectivity index (χ2v) is 8.74. The molecule has 5 rings (SSSR count). The van der Waals surface area contributed by atoms with Crippen molar-refractivity contribution in [3.63, 3.8) is 0 Å². The number of aliphatic carboxylic acids is 1. The van der Waals surface area contributed by atoms with Crippen molar-refractivity contribution in [2.75, 3.05) is 27.2 Å². The first-order chi connectivity index (χ1) is 13.4. The van der Waals surface area contributed by atoms with Crippen LogP contribution >= 0.6 is 0 Å². The van der Waals surface area contributed by atoms with Gasteiger partial charge in [-0.1, -0.05) is 6.07 Å². The molecule has 0 radical (unpaired) electrons. The molecule has 1 saturated heterocycles. The van der Waals surface area contributed by atoms with Crippen molar-refractivity contribution in [3.8, 4) is 11.5 Å². The fraction of sp³-hybridized carbons (Fsp3) is 0.667. The van der Waals surface area contributed by atoms with Crippen LogP contribution in [-0.4, -0.2) is 72.1 Å². The quantitative estimate of drug-likeness (QED) is 0.700. The number of phenolic OH excluding ortho intramolecular Hbond substituents is 1. The third kappa shape index (κ3) is 2.07. The number of methoxy groups -OCH3 is 1. The predicted molar refractivity (Wildman–Crippen MR) is 102 cm³/mol. The SMILES string of the molecule is CO[C@@]12CC[C@H](NCCC(=O)O)[C@@H]3Oc4c(O)ccc5c4C31CCN(C)C2C5. The van der Waals surface area contributed by atoms with Gasteiger partial charge in [0.05, 0.1) is 17.4 Å². The number of carbonyl (C=O) groups is 1. The van der Waals surface area contributed by atoms with E-state index in [1.807, 2.05) is 13.2 Å². The number of carboxylic acid groups (broad SMARTS) is 1. The maximum absolute atomic E-state index is 11.0. The Morgan fingerprint density at radius 1 is 1.43 bits per heavy atom. The van der Waals surface area contributed by atoms with Crippen LogP contribution in [0.3, 0.4) is 0 Å². The van der Waals surface area contributed by atoms with E-state index in [1.165, 1.54) is 5.56 Å². The molecule has 2 bridgehead atoms. The van der Waals surface area contributed by atoms with Crippen LogP contribution in [0.15, 0.2) is 12.1 Å². The van der Waals surface area contributed by atoms with Crippen LogP contribution in [0.4, 0.5) is 0 Å². The molecule has 0 aromatic heterocycles. The van der Waals surface area contributed by atoms with Crippen LogP contribution in [0.5, 0.6) is 11.5 Å². The first kappa shape index (κ1) is 18.2. The van der Waals surface area contributed by atoms with Crippen molar-refractivity contribution in [2.24, 2.45) is 0 Å². The highest BCUT2D eigenvalue weighted by Crippen LogP contribution is 2.66. The van der Waals surface area contributed by atoms with Crippen molar-refractivity contribution < 1.29 is 24.5 Å². The first-order valence-corrected chi connectivity index (χ1v) is 10.2. The van der Waals surface area contributed by atoms with Crippen LogP contribution < -0.4 is 10.1 Å². The zero-order valence-corrected chi connectivity index (χ0v) is 16.4. The zero-order chi connectivity index (χ0) is 19.7. The number of ether oxygens (including phenoxy) is 2. The Hall–Kier alpha value is -1.83. The van der Waals surface area contributed by atoms with Crippen LogP contribution in [0, 0.1) is 0 Å². The van der Waals surface area contributed by atoms with Gasteiger partial charge in [-0.3, -0.25) is 4.79 Å². The number of hydrogen-bond donors (Lipinski definition) is 3. The summed E-state index contributed by atoms with van der Waals surface area (Å²) < 4.78 is 12.9. The van der Waals surface area contributed by atoms with Crippen molar-refractivity contribution >= 4 is 5.97 Å². The number of phenols is 1. The molecule has 28 heavy (non-hydrogen) atoms. The summed E-state index contributed by atoms with van der Waals surface area (Å²) in [6.45, 7) is 1.36. The van der Waals surface area contributed by atoms with Gasteiger partial charge in [0.1, 0.15) is 6.10 Å². The molecule has 2 aliphatic carbocycles. The molecule has 5 atom stereocenters. The van der Waals surface area contributed by atoms with Gasteiger partial charge in [0.25, 0.3) is 0 Å². The molecule has 2 unspecified atom stereocenters. The third-order valence-electron chi connectivity index (χ3n) is 7.80. The number of carboxylic acids is 1. The van der Waals surface area contributed by atoms with E-state index in [2.05, 4.69) is 17.3 Å². The smallest absolute Gasteiger partial charge is 0.304 e. The monoisotopic (exact) mass is 388 g/mol. The molecule has 4 aliphatic rings. The molecule has 1 spiro atoms. The van der Waals surface area contributed by atoms with Gasteiger partial charge in [-0.05, 0) is 50.9 Å². The summed E-state index contributed by atoms with van der Waals surface area (Å²) in [6, 6.07) is 4.07. The largest absolute Gasteiger partial charge is 0.504 e. The van der Waals surface area contributed by atoms with E-state index >= 15 is 0 Å². The van der Waals surface area contributed by atoms with E-state index in [9.17, 15) is 9.90 Å². The van der Waals surface area contributed by atoms with Gasteiger partial charge in [0.2, 0.25) is 0 Å². The lowest BCUT2D eigenvalue weighted by molar-refractivity contribution is -0.203. The standard InChI is InChI=1S/C21H28N2O5/c1-23-10-8-20-17-12-3-4-14(24)18(17)28-19(20)13(22-9-6-16(25)26)5-7-21(20,27-2)15(23)11-12/h3-4,13,15,19,22,24H,5-11H2,1-2H3,(H,25,26)/t13-,15?,19-,20?,21+/m0/s1. The minimum Gasteiger partial charge on any atom is -0.504 e. The Balaban J connectivity index is 1.64. The van der Waals surface area contributed by atoms with E-state index in [0.29, 0.717) is 12.3 Å². The number of nitrogens with zero attached hydrogens (tertiary/aromatic N) is 1. The average molecular weight is 388 g/mol. The average Bonchev–Trinajstić information content (AvgIpc) is 3.03. The Kier molecular flexibility index (Phi) is 3.96. The Labute approximate surface area is 164 Å². The number of benzene rings is 1. The molecule has 7 heteroatoms. The summed E-state index contributed by atoms with van der Waals surface area (Å²) in [5.41, 5.74) is 1.70. The van der Waals surface area contributed by atoms with Gasteiger partial charge in [-0.2, -0.15) is 0 Å². The number of piperidine rings is 1. The second kappa shape index (κ2) is 6.08. The van der Waals surface area contributed by atoms with Gasteiger partial charge in [-0.15, -0.1) is 0 Å². The van der Waals surface area contributed by atoms with Crippen molar-refractivity contribution in [1.29, 1.82) is 0 Å². The maximum Gasteiger partial charge on any atom is 0.304 e. The molecule has 2 aliphatic heterocycles. The molecular formula is C21H28N2O5. The van der Waals surface area contributed by atoms with Gasteiger partial charge < -0.3 is 29.9 Å². The van der Waals surface area contributed by atoms with E-state index in [0.717, 1.165) is 37.8 Å². The Bertz CT molecular complexity index is 829. The van der Waals surface area contributed by atoms with Gasteiger partial charge in [0.15, 0.2) is 11.5 Å². The number of nitrogens with one attached hydrogen (secondary N) is 1. The number of hydrogen-bond acceptors (Lipinski definition) is 6. The highest BCUT2D eigenvalue weighted by molar-refractivity contribution is 5.67. The van der Waals surface area contributed by atoms with E-state index in [-0.39, 0.29) is 41.4 Å². The molecule has 152 valence electrons.